The smallest absolute Gasteiger partial charge is 0.122 e. The zero-order chi connectivity index (χ0) is 13.8. The molecule has 0 N–H and O–H groups in total. The van der Waals surface area contributed by atoms with Gasteiger partial charge in [-0.15, -0.1) is 11.6 Å². The maximum Gasteiger partial charge on any atom is 0.122 e. The van der Waals surface area contributed by atoms with E-state index in [1.807, 2.05) is 42.5 Å². The van der Waals surface area contributed by atoms with Crippen LogP contribution in [-0.2, 0) is 6.42 Å². The molecule has 0 spiro atoms. The highest BCUT2D eigenvalue weighted by Crippen LogP contribution is 2.34. The van der Waals surface area contributed by atoms with Crippen LogP contribution < -0.4 is 4.74 Å². The molecule has 4 heteroatoms. The van der Waals surface area contributed by atoms with Gasteiger partial charge in [0.05, 0.1) is 12.5 Å². The van der Waals surface area contributed by atoms with E-state index in [0.717, 1.165) is 21.3 Å². The average molecular weight is 360 g/mol. The first-order valence-electron chi connectivity index (χ1n) is 5.82. The highest BCUT2D eigenvalue weighted by molar-refractivity contribution is 9.10. The van der Waals surface area contributed by atoms with Crippen LogP contribution in [0.1, 0.15) is 16.5 Å². The summed E-state index contributed by atoms with van der Waals surface area (Å²) in [6, 6.07) is 13.5. The normalized spacial score (nSPS) is 12.2. The maximum atomic E-state index is 6.50. The zero-order valence-electron chi connectivity index (χ0n) is 10.4. The van der Waals surface area contributed by atoms with Gasteiger partial charge in [0.25, 0.3) is 0 Å². The Kier molecular flexibility index (Phi) is 5.14. The van der Waals surface area contributed by atoms with Crippen molar-refractivity contribution in [1.82, 2.24) is 0 Å². The number of hydrogen-bond acceptors (Lipinski definition) is 1. The Morgan fingerprint density at radius 1 is 1.21 bits per heavy atom. The Morgan fingerprint density at radius 2 is 1.95 bits per heavy atom. The summed E-state index contributed by atoms with van der Waals surface area (Å²) in [5.74, 6) is 0.859. The molecule has 1 atom stereocenters. The van der Waals surface area contributed by atoms with Crippen LogP contribution in [0.3, 0.4) is 0 Å². The third kappa shape index (κ3) is 3.65. The van der Waals surface area contributed by atoms with Gasteiger partial charge >= 0.3 is 0 Å². The minimum Gasteiger partial charge on any atom is -0.496 e. The topological polar surface area (TPSA) is 9.23 Å². The van der Waals surface area contributed by atoms with Gasteiger partial charge in [0.15, 0.2) is 0 Å². The molecule has 0 aliphatic rings. The van der Waals surface area contributed by atoms with Crippen LogP contribution in [0.5, 0.6) is 5.75 Å². The molecule has 100 valence electrons. The zero-order valence-corrected chi connectivity index (χ0v) is 13.5. The standard InChI is InChI=1S/C15H13BrCl2O/c1-19-15-5-3-2-4-10(15)8-14(18)12-7-6-11(17)9-13(12)16/h2-7,9,14H,8H2,1H3. The molecule has 0 amide bonds. The fraction of sp³-hybridized carbons (Fsp3) is 0.200. The number of para-hydroxylation sites is 1. The second-order valence-corrected chi connectivity index (χ2v) is 5.97. The highest BCUT2D eigenvalue weighted by Gasteiger charge is 2.14. The van der Waals surface area contributed by atoms with Crippen molar-refractivity contribution in [2.45, 2.75) is 11.8 Å². The van der Waals surface area contributed by atoms with Gasteiger partial charge in [-0.25, -0.2) is 0 Å². The quantitative estimate of drug-likeness (QED) is 0.642. The monoisotopic (exact) mass is 358 g/mol. The molecular weight excluding hydrogens is 347 g/mol. The number of halogens is 3. The van der Waals surface area contributed by atoms with E-state index in [9.17, 15) is 0 Å². The molecule has 2 rings (SSSR count). The average Bonchev–Trinajstić information content (AvgIpc) is 2.39. The summed E-state index contributed by atoms with van der Waals surface area (Å²) in [7, 11) is 1.67. The van der Waals surface area contributed by atoms with Gasteiger partial charge in [-0.1, -0.05) is 51.8 Å². The van der Waals surface area contributed by atoms with E-state index in [4.69, 9.17) is 27.9 Å². The summed E-state index contributed by atoms with van der Waals surface area (Å²) in [5.41, 5.74) is 2.11. The van der Waals surface area contributed by atoms with Crippen LogP contribution in [0.15, 0.2) is 46.9 Å². The van der Waals surface area contributed by atoms with Gasteiger partial charge in [-0.3, -0.25) is 0 Å². The van der Waals surface area contributed by atoms with Crippen molar-refractivity contribution in [3.8, 4) is 5.75 Å². The second kappa shape index (κ2) is 6.65. The lowest BCUT2D eigenvalue weighted by Crippen LogP contribution is -1.99. The minimum atomic E-state index is -0.136. The molecule has 0 aliphatic heterocycles. The number of methoxy groups -OCH3 is 1. The van der Waals surface area contributed by atoms with Gasteiger partial charge in [-0.05, 0) is 35.7 Å². The predicted octanol–water partition coefficient (Wildman–Crippen LogP) is 5.63. The van der Waals surface area contributed by atoms with Crippen LogP contribution in [0.2, 0.25) is 5.02 Å². The van der Waals surface area contributed by atoms with E-state index in [1.54, 1.807) is 7.11 Å². The number of benzene rings is 2. The fourth-order valence-corrected chi connectivity index (χ4v) is 3.38. The fourth-order valence-electron chi connectivity index (χ4n) is 1.93. The highest BCUT2D eigenvalue weighted by atomic mass is 79.9. The van der Waals surface area contributed by atoms with E-state index in [1.165, 1.54) is 0 Å². The van der Waals surface area contributed by atoms with Crippen molar-refractivity contribution in [2.24, 2.45) is 0 Å². The molecule has 2 aromatic rings. The first kappa shape index (κ1) is 14.7. The van der Waals surface area contributed by atoms with Crippen molar-refractivity contribution in [1.29, 1.82) is 0 Å². The van der Waals surface area contributed by atoms with Crippen LogP contribution >= 0.6 is 39.1 Å². The number of hydrogen-bond donors (Lipinski definition) is 0. The molecule has 2 aromatic carbocycles. The van der Waals surface area contributed by atoms with Crippen molar-refractivity contribution < 1.29 is 4.74 Å². The molecule has 0 saturated heterocycles. The number of ether oxygens (including phenoxy) is 1. The summed E-state index contributed by atoms with van der Waals surface area (Å²) >= 11 is 15.9. The van der Waals surface area contributed by atoms with Gasteiger partial charge in [-0.2, -0.15) is 0 Å². The summed E-state index contributed by atoms with van der Waals surface area (Å²) in [6.45, 7) is 0. The van der Waals surface area contributed by atoms with Gasteiger partial charge in [0.2, 0.25) is 0 Å². The molecule has 1 nitrogen and oxygen atoms in total. The largest absolute Gasteiger partial charge is 0.496 e. The number of rotatable bonds is 4. The number of alkyl halides is 1. The Labute approximate surface area is 131 Å². The first-order chi connectivity index (χ1) is 9.11. The molecule has 0 saturated carbocycles. The van der Waals surface area contributed by atoms with E-state index in [-0.39, 0.29) is 5.38 Å². The van der Waals surface area contributed by atoms with E-state index in [0.29, 0.717) is 11.4 Å². The maximum absolute atomic E-state index is 6.50. The molecule has 1 unspecified atom stereocenters. The summed E-state index contributed by atoms with van der Waals surface area (Å²) in [4.78, 5) is 0. The lowest BCUT2D eigenvalue weighted by molar-refractivity contribution is 0.409. The van der Waals surface area contributed by atoms with Crippen LogP contribution in [0.4, 0.5) is 0 Å². The van der Waals surface area contributed by atoms with E-state index < -0.39 is 0 Å². The van der Waals surface area contributed by atoms with Crippen LogP contribution in [0, 0.1) is 0 Å². The minimum absolute atomic E-state index is 0.136. The molecule has 0 aromatic heterocycles. The predicted molar refractivity (Wildman–Crippen MR) is 84.4 cm³/mol. The molecule has 0 bridgehead atoms. The third-order valence-corrected chi connectivity index (χ3v) is 4.20. The lowest BCUT2D eigenvalue weighted by atomic mass is 10.0. The lowest BCUT2D eigenvalue weighted by Gasteiger charge is -2.14. The van der Waals surface area contributed by atoms with Crippen molar-refractivity contribution in [2.75, 3.05) is 7.11 Å². The van der Waals surface area contributed by atoms with Gasteiger partial charge in [0, 0.05) is 9.50 Å². The molecule has 0 radical (unpaired) electrons. The molecule has 0 heterocycles. The summed E-state index contributed by atoms with van der Waals surface area (Å²) < 4.78 is 6.27. The molecule has 0 aliphatic carbocycles. The molecule has 0 fully saturated rings. The summed E-state index contributed by atoms with van der Waals surface area (Å²) in [6.07, 6.45) is 0.700. The van der Waals surface area contributed by atoms with Crippen molar-refractivity contribution in [3.63, 3.8) is 0 Å². The van der Waals surface area contributed by atoms with E-state index in [2.05, 4.69) is 15.9 Å². The van der Waals surface area contributed by atoms with Gasteiger partial charge < -0.3 is 4.74 Å². The van der Waals surface area contributed by atoms with Gasteiger partial charge in [0.1, 0.15) is 5.75 Å². The Morgan fingerprint density at radius 3 is 2.63 bits per heavy atom. The second-order valence-electron chi connectivity index (χ2n) is 4.15. The summed E-state index contributed by atoms with van der Waals surface area (Å²) in [5, 5.41) is 0.555. The van der Waals surface area contributed by atoms with Crippen LogP contribution in [0.25, 0.3) is 0 Å². The first-order valence-corrected chi connectivity index (χ1v) is 7.43. The molecular formula is C15H13BrCl2O. The van der Waals surface area contributed by atoms with Crippen LogP contribution in [-0.4, -0.2) is 7.11 Å². The Bertz CT molecular complexity index is 572. The van der Waals surface area contributed by atoms with E-state index >= 15 is 0 Å². The third-order valence-electron chi connectivity index (χ3n) is 2.89. The van der Waals surface area contributed by atoms with Crippen molar-refractivity contribution >= 4 is 39.1 Å². The molecule has 19 heavy (non-hydrogen) atoms. The Hall–Kier alpha value is -0.700. The SMILES string of the molecule is COc1ccccc1CC(Cl)c1ccc(Cl)cc1Br. The Balaban J connectivity index is 2.23. The van der Waals surface area contributed by atoms with Crippen molar-refractivity contribution in [3.05, 3.63) is 63.1 Å².